The van der Waals surface area contributed by atoms with Gasteiger partial charge in [0.15, 0.2) is 0 Å². The zero-order valence-corrected chi connectivity index (χ0v) is 18.1. The molecular formula is C25H39FN2. The van der Waals surface area contributed by atoms with Gasteiger partial charge in [-0.3, -0.25) is 0 Å². The van der Waals surface area contributed by atoms with Crippen LogP contribution in [0.3, 0.4) is 0 Å². The van der Waals surface area contributed by atoms with Crippen molar-refractivity contribution in [2.75, 3.05) is 0 Å². The number of unbranched alkanes of at least 4 members (excludes halogenated alkanes) is 4. The maximum atomic E-state index is 14.6. The van der Waals surface area contributed by atoms with E-state index in [2.05, 4.69) is 36.8 Å². The van der Waals surface area contributed by atoms with Crippen molar-refractivity contribution in [3.05, 3.63) is 53.4 Å². The molecule has 2 atom stereocenters. The fraction of sp³-hybridized carbons (Fsp3) is 0.640. The highest BCUT2D eigenvalue weighted by Crippen LogP contribution is 2.29. The first kappa shape index (κ1) is 22.6. The summed E-state index contributed by atoms with van der Waals surface area (Å²) in [5.41, 5.74) is 2.02. The molecule has 0 amide bonds. The first-order valence-electron chi connectivity index (χ1n) is 11.4. The van der Waals surface area contributed by atoms with Gasteiger partial charge in [-0.1, -0.05) is 71.4 Å². The van der Waals surface area contributed by atoms with Gasteiger partial charge in [-0.05, 0) is 55.2 Å². The van der Waals surface area contributed by atoms with Crippen LogP contribution in [0.1, 0.15) is 114 Å². The summed E-state index contributed by atoms with van der Waals surface area (Å²) in [5.74, 6) is 1.84. The smallest absolute Gasteiger partial charge is 0.126 e. The molecule has 0 radical (unpaired) electrons. The number of hydrogen-bond acceptors (Lipinski definition) is 1. The molecule has 1 aromatic heterocycles. The van der Waals surface area contributed by atoms with Gasteiger partial charge >= 0.3 is 0 Å². The molecular weight excluding hydrogens is 347 g/mol. The molecule has 0 bridgehead atoms. The summed E-state index contributed by atoms with van der Waals surface area (Å²) in [6, 6.07) is 5.93. The van der Waals surface area contributed by atoms with E-state index in [1.165, 1.54) is 32.1 Å². The van der Waals surface area contributed by atoms with Gasteiger partial charge in [0.05, 0.1) is 0 Å². The Morgan fingerprint density at radius 1 is 0.964 bits per heavy atom. The topological polar surface area (TPSA) is 28.7 Å². The molecule has 0 aliphatic heterocycles. The molecule has 1 aromatic carbocycles. The highest BCUT2D eigenvalue weighted by Gasteiger charge is 2.16. The van der Waals surface area contributed by atoms with E-state index in [4.69, 9.17) is 0 Å². The molecule has 0 fully saturated rings. The van der Waals surface area contributed by atoms with Gasteiger partial charge in [-0.2, -0.15) is 0 Å². The Morgan fingerprint density at radius 2 is 1.79 bits per heavy atom. The van der Waals surface area contributed by atoms with Crippen molar-refractivity contribution in [1.29, 1.82) is 0 Å². The van der Waals surface area contributed by atoms with Crippen molar-refractivity contribution in [2.45, 2.75) is 103 Å². The molecule has 0 saturated heterocycles. The van der Waals surface area contributed by atoms with E-state index in [0.717, 1.165) is 55.5 Å². The second kappa shape index (κ2) is 12.7. The molecule has 156 valence electrons. The Kier molecular flexibility index (Phi) is 10.3. The zero-order valence-electron chi connectivity index (χ0n) is 18.1. The van der Waals surface area contributed by atoms with Gasteiger partial charge in [0.2, 0.25) is 0 Å². The Labute approximate surface area is 171 Å². The van der Waals surface area contributed by atoms with Crippen LogP contribution in [-0.2, 0) is 6.42 Å². The molecule has 28 heavy (non-hydrogen) atoms. The normalized spacial score (nSPS) is 13.6. The van der Waals surface area contributed by atoms with E-state index in [1.54, 1.807) is 6.07 Å². The number of imidazole rings is 1. The highest BCUT2D eigenvalue weighted by molar-refractivity contribution is 5.27. The van der Waals surface area contributed by atoms with Gasteiger partial charge in [-0.15, -0.1) is 0 Å². The van der Waals surface area contributed by atoms with E-state index in [0.29, 0.717) is 5.92 Å². The van der Waals surface area contributed by atoms with E-state index < -0.39 is 0 Å². The minimum absolute atomic E-state index is 0.0188. The standard InChI is InChI=1S/C25H39FN2/c1-4-6-7-8-9-13-21-15-16-23(24(26)19-21)20(3)12-10-14-22(11-5-2)25-27-17-18-28-25/h15-20,22H,4-14H2,1-3H3,(H,27,28). The van der Waals surface area contributed by atoms with Crippen LogP contribution in [0.25, 0.3) is 0 Å². The summed E-state index contributed by atoms with van der Waals surface area (Å²) < 4.78 is 14.6. The van der Waals surface area contributed by atoms with Crippen LogP contribution in [0.4, 0.5) is 4.39 Å². The van der Waals surface area contributed by atoms with Crippen molar-refractivity contribution >= 4 is 0 Å². The lowest BCUT2D eigenvalue weighted by molar-refractivity contribution is 0.488. The number of aromatic nitrogens is 2. The number of aromatic amines is 1. The molecule has 0 aliphatic rings. The van der Waals surface area contributed by atoms with Gasteiger partial charge in [-0.25, -0.2) is 9.37 Å². The Hall–Kier alpha value is -1.64. The van der Waals surface area contributed by atoms with Crippen molar-refractivity contribution in [1.82, 2.24) is 9.97 Å². The first-order chi connectivity index (χ1) is 13.7. The van der Waals surface area contributed by atoms with E-state index in [-0.39, 0.29) is 11.7 Å². The predicted molar refractivity (Wildman–Crippen MR) is 117 cm³/mol. The molecule has 2 nitrogen and oxygen atoms in total. The number of H-pyrrole nitrogens is 1. The summed E-state index contributed by atoms with van der Waals surface area (Å²) in [5, 5.41) is 0. The average Bonchev–Trinajstić information content (AvgIpc) is 3.22. The van der Waals surface area contributed by atoms with Crippen molar-refractivity contribution in [2.24, 2.45) is 0 Å². The average molecular weight is 387 g/mol. The van der Waals surface area contributed by atoms with Crippen LogP contribution in [0.5, 0.6) is 0 Å². The van der Waals surface area contributed by atoms with Crippen molar-refractivity contribution in [3.63, 3.8) is 0 Å². The second-order valence-electron chi connectivity index (χ2n) is 8.31. The minimum atomic E-state index is -0.0188. The third-order valence-electron chi connectivity index (χ3n) is 5.90. The molecule has 2 unspecified atom stereocenters. The van der Waals surface area contributed by atoms with Crippen LogP contribution in [-0.4, -0.2) is 9.97 Å². The van der Waals surface area contributed by atoms with E-state index in [1.807, 2.05) is 18.5 Å². The van der Waals surface area contributed by atoms with Crippen LogP contribution in [0.2, 0.25) is 0 Å². The SMILES string of the molecule is CCCCCCCc1ccc(C(C)CCCC(CCC)c2ncc[nH]2)c(F)c1. The lowest BCUT2D eigenvalue weighted by Gasteiger charge is -2.17. The summed E-state index contributed by atoms with van der Waals surface area (Å²) >= 11 is 0. The molecule has 0 saturated carbocycles. The largest absolute Gasteiger partial charge is 0.348 e. The fourth-order valence-corrected chi connectivity index (χ4v) is 4.15. The molecule has 1 heterocycles. The number of aryl methyl sites for hydroxylation is 1. The fourth-order valence-electron chi connectivity index (χ4n) is 4.15. The maximum Gasteiger partial charge on any atom is 0.126 e. The molecule has 3 heteroatoms. The Morgan fingerprint density at radius 3 is 2.46 bits per heavy atom. The highest BCUT2D eigenvalue weighted by atomic mass is 19.1. The van der Waals surface area contributed by atoms with Crippen molar-refractivity contribution in [3.8, 4) is 0 Å². The molecule has 2 aromatic rings. The number of nitrogens with one attached hydrogen (secondary N) is 1. The minimum Gasteiger partial charge on any atom is -0.348 e. The van der Waals surface area contributed by atoms with Gasteiger partial charge in [0, 0.05) is 18.3 Å². The molecule has 1 N–H and O–H groups in total. The number of rotatable bonds is 14. The molecule has 0 spiro atoms. The third kappa shape index (κ3) is 7.41. The van der Waals surface area contributed by atoms with E-state index in [9.17, 15) is 4.39 Å². The molecule has 0 aliphatic carbocycles. The lowest BCUT2D eigenvalue weighted by Crippen LogP contribution is -2.04. The summed E-state index contributed by atoms with van der Waals surface area (Å²) in [6.45, 7) is 6.61. The zero-order chi connectivity index (χ0) is 20.2. The summed E-state index contributed by atoms with van der Waals surface area (Å²) in [6.07, 6.45) is 16.6. The van der Waals surface area contributed by atoms with E-state index >= 15 is 0 Å². The third-order valence-corrected chi connectivity index (χ3v) is 5.90. The quantitative estimate of drug-likeness (QED) is 0.328. The number of hydrogen-bond donors (Lipinski definition) is 1. The number of benzene rings is 1. The predicted octanol–water partition coefficient (Wildman–Crippen LogP) is 7.92. The first-order valence-corrected chi connectivity index (χ1v) is 11.4. The monoisotopic (exact) mass is 386 g/mol. The van der Waals surface area contributed by atoms with Crippen LogP contribution in [0, 0.1) is 5.82 Å². The number of nitrogens with zero attached hydrogens (tertiary/aromatic N) is 1. The van der Waals surface area contributed by atoms with Crippen LogP contribution in [0.15, 0.2) is 30.6 Å². The van der Waals surface area contributed by atoms with Crippen LogP contribution < -0.4 is 0 Å². The maximum absolute atomic E-state index is 14.6. The van der Waals surface area contributed by atoms with Gasteiger partial charge in [0.25, 0.3) is 0 Å². The number of halogens is 1. The van der Waals surface area contributed by atoms with Gasteiger partial charge < -0.3 is 4.98 Å². The molecule has 2 rings (SSSR count). The van der Waals surface area contributed by atoms with Crippen LogP contribution >= 0.6 is 0 Å². The summed E-state index contributed by atoms with van der Waals surface area (Å²) in [7, 11) is 0. The Bertz CT molecular complexity index is 651. The second-order valence-corrected chi connectivity index (χ2v) is 8.31. The van der Waals surface area contributed by atoms with Gasteiger partial charge in [0.1, 0.15) is 11.6 Å². The van der Waals surface area contributed by atoms with Crippen molar-refractivity contribution < 1.29 is 4.39 Å². The lowest BCUT2D eigenvalue weighted by atomic mass is 9.90. The Balaban J connectivity index is 1.80. The summed E-state index contributed by atoms with van der Waals surface area (Å²) in [4.78, 5) is 7.70.